The SMILES string of the molecule is CC(C)(CN)COCC(C)(C)CNCC(C)(C)COCC(C)(C)CN. The first-order chi connectivity index (χ1) is 11.2. The van der Waals surface area contributed by atoms with E-state index in [-0.39, 0.29) is 21.7 Å². The molecule has 0 aromatic heterocycles. The van der Waals surface area contributed by atoms with E-state index < -0.39 is 0 Å². The second kappa shape index (κ2) is 10.2. The maximum absolute atomic E-state index is 5.89. The highest BCUT2D eigenvalue weighted by atomic mass is 16.5. The molecule has 0 saturated heterocycles. The van der Waals surface area contributed by atoms with E-state index in [2.05, 4.69) is 60.7 Å². The molecule has 0 aromatic carbocycles. The van der Waals surface area contributed by atoms with Gasteiger partial charge in [0.2, 0.25) is 0 Å². The van der Waals surface area contributed by atoms with Crippen LogP contribution in [-0.4, -0.2) is 52.6 Å². The third-order valence-corrected chi connectivity index (χ3v) is 4.28. The molecule has 0 bridgehead atoms. The lowest BCUT2D eigenvalue weighted by atomic mass is 9.91. The Hall–Kier alpha value is -0.200. The van der Waals surface area contributed by atoms with Gasteiger partial charge in [-0.3, -0.25) is 0 Å². The maximum Gasteiger partial charge on any atom is 0.0529 e. The van der Waals surface area contributed by atoms with Crippen molar-refractivity contribution in [1.82, 2.24) is 5.32 Å². The standard InChI is InChI=1S/C20H45N3O2/c1-17(2,9-21)13-24-15-19(5,6)11-23-12-20(7,8)16-25-14-18(3,4)10-22/h23H,9-16,21-22H2,1-8H3. The Bertz CT molecular complexity index is 332. The van der Waals surface area contributed by atoms with Gasteiger partial charge in [0.15, 0.2) is 0 Å². The zero-order chi connectivity index (χ0) is 19.8. The minimum absolute atomic E-state index is 0.0418. The summed E-state index contributed by atoms with van der Waals surface area (Å²) in [5, 5.41) is 3.58. The van der Waals surface area contributed by atoms with Crippen molar-refractivity contribution in [1.29, 1.82) is 0 Å². The van der Waals surface area contributed by atoms with Crippen molar-refractivity contribution in [2.75, 3.05) is 52.6 Å². The van der Waals surface area contributed by atoms with Crippen molar-refractivity contribution < 1.29 is 9.47 Å². The third-order valence-electron chi connectivity index (χ3n) is 4.28. The maximum atomic E-state index is 5.89. The predicted octanol–water partition coefficient (Wildman–Crippen LogP) is 2.63. The summed E-state index contributed by atoms with van der Waals surface area (Å²) in [4.78, 5) is 0. The van der Waals surface area contributed by atoms with Gasteiger partial charge in [0.05, 0.1) is 26.4 Å². The highest BCUT2D eigenvalue weighted by Crippen LogP contribution is 2.21. The molecule has 0 spiro atoms. The number of ether oxygens (including phenoxy) is 2. The molecule has 0 atom stereocenters. The molecule has 0 radical (unpaired) electrons. The van der Waals surface area contributed by atoms with Gasteiger partial charge < -0.3 is 26.3 Å². The Labute approximate surface area is 156 Å². The van der Waals surface area contributed by atoms with Gasteiger partial charge in [0.25, 0.3) is 0 Å². The van der Waals surface area contributed by atoms with Gasteiger partial charge in [-0.05, 0) is 13.1 Å². The molecule has 0 aliphatic rings. The minimum atomic E-state index is 0.0418. The van der Waals surface area contributed by atoms with Gasteiger partial charge in [-0.1, -0.05) is 55.4 Å². The molecule has 0 amide bonds. The first-order valence-corrected chi connectivity index (χ1v) is 9.51. The van der Waals surface area contributed by atoms with Crippen LogP contribution in [0.2, 0.25) is 0 Å². The van der Waals surface area contributed by atoms with Crippen LogP contribution in [0.15, 0.2) is 0 Å². The van der Waals surface area contributed by atoms with Gasteiger partial charge in [0.1, 0.15) is 0 Å². The van der Waals surface area contributed by atoms with Crippen molar-refractivity contribution in [2.45, 2.75) is 55.4 Å². The smallest absolute Gasteiger partial charge is 0.0529 e. The molecule has 5 heteroatoms. The molecular formula is C20H45N3O2. The topological polar surface area (TPSA) is 82.5 Å². The fourth-order valence-electron chi connectivity index (χ4n) is 2.17. The van der Waals surface area contributed by atoms with Gasteiger partial charge >= 0.3 is 0 Å². The second-order valence-corrected chi connectivity index (χ2v) is 10.7. The van der Waals surface area contributed by atoms with Crippen molar-refractivity contribution in [2.24, 2.45) is 33.1 Å². The Kier molecular flexibility index (Phi) is 10.1. The largest absolute Gasteiger partial charge is 0.380 e. The van der Waals surface area contributed by atoms with Crippen LogP contribution in [0.3, 0.4) is 0 Å². The summed E-state index contributed by atoms with van der Waals surface area (Å²) in [5.74, 6) is 0. The lowest BCUT2D eigenvalue weighted by Gasteiger charge is -2.32. The molecule has 0 unspecified atom stereocenters. The van der Waals surface area contributed by atoms with Crippen molar-refractivity contribution >= 4 is 0 Å². The fourth-order valence-corrected chi connectivity index (χ4v) is 2.17. The minimum Gasteiger partial charge on any atom is -0.380 e. The lowest BCUT2D eigenvalue weighted by molar-refractivity contribution is 0.00919. The van der Waals surface area contributed by atoms with Crippen molar-refractivity contribution in [3.05, 3.63) is 0 Å². The highest BCUT2D eigenvalue weighted by molar-refractivity contribution is 4.78. The molecule has 5 N–H and O–H groups in total. The van der Waals surface area contributed by atoms with Crippen LogP contribution in [0.4, 0.5) is 0 Å². The summed E-state index contributed by atoms with van der Waals surface area (Å²) in [6.45, 7) is 23.4. The van der Waals surface area contributed by atoms with E-state index >= 15 is 0 Å². The van der Waals surface area contributed by atoms with Crippen LogP contribution < -0.4 is 16.8 Å². The van der Waals surface area contributed by atoms with Crippen LogP contribution in [-0.2, 0) is 9.47 Å². The number of hydrogen-bond acceptors (Lipinski definition) is 5. The normalized spacial score (nSPS) is 14.2. The Morgan fingerprint density at radius 3 is 1.12 bits per heavy atom. The van der Waals surface area contributed by atoms with Crippen LogP contribution in [0, 0.1) is 21.7 Å². The monoisotopic (exact) mass is 359 g/mol. The molecule has 0 heterocycles. The van der Waals surface area contributed by atoms with E-state index in [0.717, 1.165) is 26.3 Å². The second-order valence-electron chi connectivity index (χ2n) is 10.7. The van der Waals surface area contributed by atoms with Crippen molar-refractivity contribution in [3.63, 3.8) is 0 Å². The molecule has 25 heavy (non-hydrogen) atoms. The van der Waals surface area contributed by atoms with Crippen LogP contribution in [0.5, 0.6) is 0 Å². The third kappa shape index (κ3) is 12.7. The molecule has 152 valence electrons. The van der Waals surface area contributed by atoms with E-state index in [9.17, 15) is 0 Å². The molecule has 0 aliphatic heterocycles. The van der Waals surface area contributed by atoms with Crippen LogP contribution in [0.25, 0.3) is 0 Å². The van der Waals surface area contributed by atoms with Gasteiger partial charge in [-0.25, -0.2) is 0 Å². The average molecular weight is 360 g/mol. The summed E-state index contributed by atoms with van der Waals surface area (Å²) in [6, 6.07) is 0. The number of hydrogen-bond donors (Lipinski definition) is 3. The van der Waals surface area contributed by atoms with Crippen LogP contribution >= 0.6 is 0 Å². The first-order valence-electron chi connectivity index (χ1n) is 9.51. The lowest BCUT2D eigenvalue weighted by Crippen LogP contribution is -2.41. The molecule has 0 rings (SSSR count). The Morgan fingerprint density at radius 2 is 0.840 bits per heavy atom. The zero-order valence-corrected chi connectivity index (χ0v) is 18.1. The Balaban J connectivity index is 4.08. The van der Waals surface area contributed by atoms with E-state index in [4.69, 9.17) is 20.9 Å². The predicted molar refractivity (Wildman–Crippen MR) is 108 cm³/mol. The van der Waals surface area contributed by atoms with Crippen LogP contribution in [0.1, 0.15) is 55.4 Å². The Morgan fingerprint density at radius 1 is 0.560 bits per heavy atom. The number of nitrogens with two attached hydrogens (primary N) is 2. The van der Waals surface area contributed by atoms with E-state index in [1.807, 2.05) is 0 Å². The molecule has 0 fully saturated rings. The summed E-state index contributed by atoms with van der Waals surface area (Å²) >= 11 is 0. The molecule has 0 aromatic rings. The van der Waals surface area contributed by atoms with Crippen molar-refractivity contribution in [3.8, 4) is 0 Å². The molecule has 5 nitrogen and oxygen atoms in total. The average Bonchev–Trinajstić information content (AvgIpc) is 2.45. The van der Waals surface area contributed by atoms with Gasteiger partial charge in [0, 0.05) is 34.7 Å². The highest BCUT2D eigenvalue weighted by Gasteiger charge is 2.24. The van der Waals surface area contributed by atoms with E-state index in [1.54, 1.807) is 0 Å². The summed E-state index contributed by atoms with van der Waals surface area (Å²) in [6.07, 6.45) is 0. The fraction of sp³-hybridized carbons (Fsp3) is 1.00. The number of nitrogens with one attached hydrogen (secondary N) is 1. The number of rotatable bonds is 14. The summed E-state index contributed by atoms with van der Waals surface area (Å²) < 4.78 is 11.8. The van der Waals surface area contributed by atoms with E-state index in [1.165, 1.54) is 0 Å². The van der Waals surface area contributed by atoms with Gasteiger partial charge in [-0.2, -0.15) is 0 Å². The zero-order valence-electron chi connectivity index (χ0n) is 18.1. The van der Waals surface area contributed by atoms with Gasteiger partial charge in [-0.15, -0.1) is 0 Å². The molecule has 0 saturated carbocycles. The molecular weight excluding hydrogens is 314 g/mol. The quantitative estimate of drug-likeness (QED) is 0.444. The summed E-state index contributed by atoms with van der Waals surface area (Å²) in [5.41, 5.74) is 11.8. The first kappa shape index (κ1) is 24.8. The molecule has 0 aliphatic carbocycles. The van der Waals surface area contributed by atoms with E-state index in [0.29, 0.717) is 26.3 Å². The summed E-state index contributed by atoms with van der Waals surface area (Å²) in [7, 11) is 0.